The van der Waals surface area contributed by atoms with Crippen LogP contribution < -0.4 is 4.74 Å². The molecule has 0 aromatic heterocycles. The Kier molecular flexibility index (Phi) is 4.14. The molecule has 2 aliphatic rings. The molecule has 0 bridgehead atoms. The second kappa shape index (κ2) is 6.84. The second-order valence-electron chi connectivity index (χ2n) is 9.78. The molecule has 1 aliphatic heterocycles. The number of hydrogen-bond acceptors (Lipinski definition) is 1. The zero-order chi connectivity index (χ0) is 21.9. The van der Waals surface area contributed by atoms with Crippen LogP contribution in [-0.4, -0.2) is 0 Å². The van der Waals surface area contributed by atoms with E-state index in [1.54, 1.807) is 0 Å². The van der Waals surface area contributed by atoms with Gasteiger partial charge in [0.25, 0.3) is 0 Å². The molecule has 1 spiro atoms. The fraction of sp³-hybridized carbons (Fsp3) is 0.226. The van der Waals surface area contributed by atoms with E-state index >= 15 is 0 Å². The highest BCUT2D eigenvalue weighted by atomic mass is 16.5. The zero-order valence-corrected chi connectivity index (χ0v) is 19.0. The lowest BCUT2D eigenvalue weighted by molar-refractivity contribution is 0.431. The molecule has 4 aromatic carbocycles. The summed E-state index contributed by atoms with van der Waals surface area (Å²) in [5.41, 5.74) is 8.96. The van der Waals surface area contributed by atoms with Gasteiger partial charge in [-0.25, -0.2) is 0 Å². The van der Waals surface area contributed by atoms with Crippen molar-refractivity contribution < 1.29 is 4.74 Å². The van der Waals surface area contributed by atoms with Crippen molar-refractivity contribution in [2.45, 2.75) is 44.4 Å². The van der Waals surface area contributed by atoms with Gasteiger partial charge < -0.3 is 4.74 Å². The van der Waals surface area contributed by atoms with Crippen LogP contribution in [0, 0.1) is 0 Å². The Morgan fingerprint density at radius 2 is 1.22 bits per heavy atom. The molecular formula is C31H28O. The van der Waals surface area contributed by atoms with Gasteiger partial charge in [-0.15, -0.1) is 0 Å². The predicted molar refractivity (Wildman–Crippen MR) is 132 cm³/mol. The van der Waals surface area contributed by atoms with Crippen LogP contribution in [0.5, 0.6) is 11.5 Å². The molecule has 0 atom stereocenters. The highest BCUT2D eigenvalue weighted by Gasteiger charge is 2.51. The van der Waals surface area contributed by atoms with E-state index in [1.807, 2.05) is 0 Å². The Labute approximate surface area is 190 Å². The number of benzene rings is 4. The summed E-state index contributed by atoms with van der Waals surface area (Å²) in [6.07, 6.45) is 2.32. The fourth-order valence-electron chi connectivity index (χ4n) is 6.05. The summed E-state index contributed by atoms with van der Waals surface area (Å²) in [4.78, 5) is 0. The van der Waals surface area contributed by atoms with Crippen molar-refractivity contribution in [3.63, 3.8) is 0 Å². The van der Waals surface area contributed by atoms with Crippen molar-refractivity contribution in [2.75, 3.05) is 0 Å². The Morgan fingerprint density at radius 1 is 0.656 bits per heavy atom. The van der Waals surface area contributed by atoms with Crippen molar-refractivity contribution in [1.82, 2.24) is 0 Å². The van der Waals surface area contributed by atoms with Gasteiger partial charge in [0, 0.05) is 11.1 Å². The molecule has 0 unspecified atom stereocenters. The summed E-state index contributed by atoms with van der Waals surface area (Å²) < 4.78 is 6.52. The molecule has 1 heterocycles. The molecule has 0 saturated heterocycles. The van der Waals surface area contributed by atoms with Crippen LogP contribution in [-0.2, 0) is 10.8 Å². The smallest absolute Gasteiger partial charge is 0.132 e. The maximum absolute atomic E-state index is 6.52. The third-order valence-electron chi connectivity index (χ3n) is 7.50. The molecule has 1 aliphatic carbocycles. The SMILES string of the molecule is CCCC(C)(C)c1ccc2c(c1)C1(c3ccccc3O2)c2ccccc2-c2ccccc21. The summed E-state index contributed by atoms with van der Waals surface area (Å²) in [6.45, 7) is 6.99. The highest BCUT2D eigenvalue weighted by molar-refractivity contribution is 5.88. The first-order valence-corrected chi connectivity index (χ1v) is 11.7. The van der Waals surface area contributed by atoms with Crippen LogP contribution in [0.3, 0.4) is 0 Å². The molecular weight excluding hydrogens is 388 g/mol. The molecule has 0 saturated carbocycles. The van der Waals surface area contributed by atoms with Crippen LogP contribution in [0.1, 0.15) is 61.4 Å². The van der Waals surface area contributed by atoms with Gasteiger partial charge in [-0.3, -0.25) is 0 Å². The van der Waals surface area contributed by atoms with Crippen molar-refractivity contribution in [1.29, 1.82) is 0 Å². The van der Waals surface area contributed by atoms with Gasteiger partial charge in [-0.1, -0.05) is 100.0 Å². The van der Waals surface area contributed by atoms with Crippen molar-refractivity contribution >= 4 is 0 Å². The molecule has 32 heavy (non-hydrogen) atoms. The van der Waals surface area contributed by atoms with Gasteiger partial charge in [-0.2, -0.15) is 0 Å². The lowest BCUT2D eigenvalue weighted by Crippen LogP contribution is -2.32. The minimum atomic E-state index is -0.365. The maximum Gasteiger partial charge on any atom is 0.132 e. The van der Waals surface area contributed by atoms with Crippen LogP contribution in [0.4, 0.5) is 0 Å². The lowest BCUT2D eigenvalue weighted by atomic mass is 9.65. The van der Waals surface area contributed by atoms with Gasteiger partial charge in [0.05, 0.1) is 5.41 Å². The minimum Gasteiger partial charge on any atom is -0.457 e. The van der Waals surface area contributed by atoms with Gasteiger partial charge >= 0.3 is 0 Å². The number of para-hydroxylation sites is 1. The normalized spacial score (nSPS) is 14.8. The van der Waals surface area contributed by atoms with E-state index in [2.05, 4.69) is 112 Å². The third kappa shape index (κ3) is 2.45. The summed E-state index contributed by atoms with van der Waals surface area (Å²) in [5.74, 6) is 1.92. The summed E-state index contributed by atoms with van der Waals surface area (Å²) >= 11 is 0. The van der Waals surface area contributed by atoms with Gasteiger partial charge in [0.2, 0.25) is 0 Å². The van der Waals surface area contributed by atoms with Crippen LogP contribution in [0.2, 0.25) is 0 Å². The number of ether oxygens (including phenoxy) is 1. The van der Waals surface area contributed by atoms with Crippen LogP contribution in [0.25, 0.3) is 11.1 Å². The molecule has 4 aromatic rings. The van der Waals surface area contributed by atoms with Crippen molar-refractivity contribution in [2.24, 2.45) is 0 Å². The van der Waals surface area contributed by atoms with E-state index in [0.29, 0.717) is 0 Å². The third-order valence-corrected chi connectivity index (χ3v) is 7.50. The molecule has 158 valence electrons. The first kappa shape index (κ1) is 19.4. The Balaban J connectivity index is 1.75. The molecule has 0 radical (unpaired) electrons. The van der Waals surface area contributed by atoms with Gasteiger partial charge in [0.1, 0.15) is 11.5 Å². The van der Waals surface area contributed by atoms with E-state index in [9.17, 15) is 0 Å². The fourth-order valence-corrected chi connectivity index (χ4v) is 6.05. The quantitative estimate of drug-likeness (QED) is 0.282. The molecule has 0 N–H and O–H groups in total. The minimum absolute atomic E-state index is 0.111. The Morgan fingerprint density at radius 3 is 1.88 bits per heavy atom. The zero-order valence-electron chi connectivity index (χ0n) is 19.0. The van der Waals surface area contributed by atoms with E-state index < -0.39 is 0 Å². The Hall–Kier alpha value is -3.32. The van der Waals surface area contributed by atoms with E-state index in [-0.39, 0.29) is 10.8 Å². The van der Waals surface area contributed by atoms with E-state index in [4.69, 9.17) is 4.74 Å². The molecule has 0 amide bonds. The molecule has 0 fully saturated rings. The van der Waals surface area contributed by atoms with Gasteiger partial charge in [0.15, 0.2) is 0 Å². The molecule has 1 nitrogen and oxygen atoms in total. The van der Waals surface area contributed by atoms with E-state index in [0.717, 1.165) is 17.9 Å². The van der Waals surface area contributed by atoms with Gasteiger partial charge in [-0.05, 0) is 57.9 Å². The predicted octanol–water partition coefficient (Wildman–Crippen LogP) is 8.23. The number of hydrogen-bond donors (Lipinski definition) is 0. The number of fused-ring (bicyclic) bond motifs is 9. The Bertz CT molecular complexity index is 1300. The lowest BCUT2D eigenvalue weighted by Gasteiger charge is -2.40. The number of rotatable bonds is 3. The molecule has 6 rings (SSSR count). The van der Waals surface area contributed by atoms with Crippen molar-refractivity contribution in [3.05, 3.63) is 119 Å². The second-order valence-corrected chi connectivity index (χ2v) is 9.78. The monoisotopic (exact) mass is 416 g/mol. The summed E-state index contributed by atoms with van der Waals surface area (Å²) in [5, 5.41) is 0. The molecule has 1 heteroatoms. The average Bonchev–Trinajstić information content (AvgIpc) is 3.11. The first-order valence-electron chi connectivity index (χ1n) is 11.7. The summed E-state index contributed by atoms with van der Waals surface area (Å²) in [7, 11) is 0. The summed E-state index contributed by atoms with van der Waals surface area (Å²) in [6, 6.07) is 33.3. The first-order chi connectivity index (χ1) is 15.6. The van der Waals surface area contributed by atoms with E-state index in [1.165, 1.54) is 45.4 Å². The topological polar surface area (TPSA) is 9.23 Å². The maximum atomic E-state index is 6.52. The van der Waals surface area contributed by atoms with Crippen LogP contribution in [0.15, 0.2) is 91.0 Å². The van der Waals surface area contributed by atoms with Crippen molar-refractivity contribution in [3.8, 4) is 22.6 Å². The average molecular weight is 417 g/mol. The van der Waals surface area contributed by atoms with Crippen LogP contribution >= 0.6 is 0 Å². The largest absolute Gasteiger partial charge is 0.457 e. The highest BCUT2D eigenvalue weighted by Crippen LogP contribution is 2.62. The standard InChI is InChI=1S/C31H28O/c1-4-19-30(2,3)21-17-18-29-27(20-21)31(26-15-9-10-16-28(26)32-29)24-13-7-5-11-22(24)23-12-6-8-14-25(23)31/h5-18,20H,4,19H2,1-3H3.